The summed E-state index contributed by atoms with van der Waals surface area (Å²) in [6.45, 7) is 0. The van der Waals surface area contributed by atoms with Gasteiger partial charge in [-0.15, -0.1) is 11.6 Å². The highest BCUT2D eigenvalue weighted by Crippen LogP contribution is 2.26. The average Bonchev–Trinajstić information content (AvgIpc) is 2.27. The predicted octanol–water partition coefficient (Wildman–Crippen LogP) is 1.23. The highest BCUT2D eigenvalue weighted by molar-refractivity contribution is 7.73. The van der Waals surface area contributed by atoms with E-state index in [0.29, 0.717) is 0 Å². The normalized spacial score (nSPS) is 20.2. The van der Waals surface area contributed by atoms with E-state index in [0.717, 1.165) is 0 Å². The molecule has 5 nitrogen and oxygen atoms in total. The van der Waals surface area contributed by atoms with Crippen molar-refractivity contribution in [2.24, 2.45) is 5.16 Å². The Bertz CT molecular complexity index is 588. The van der Waals surface area contributed by atoms with Gasteiger partial charge in [-0.25, -0.2) is 0 Å². The summed E-state index contributed by atoms with van der Waals surface area (Å²) in [6.07, 6.45) is 2.61. The predicted molar refractivity (Wildman–Crippen MR) is 65.6 cm³/mol. The molecule has 1 rings (SSSR count). The van der Waals surface area contributed by atoms with Crippen LogP contribution in [0.4, 0.5) is 0 Å². The third kappa shape index (κ3) is 2.88. The van der Waals surface area contributed by atoms with Crippen LogP contribution in [0, 0.1) is 11.3 Å². The van der Waals surface area contributed by atoms with Gasteiger partial charge in [-0.3, -0.25) is 0 Å². The van der Waals surface area contributed by atoms with Crippen LogP contribution in [-0.2, 0) is 15.1 Å². The maximum absolute atomic E-state index is 10.9. The number of allylic oxidation sites excluding steroid dienone is 4. The number of rotatable bonds is 2. The summed E-state index contributed by atoms with van der Waals surface area (Å²) in [5.41, 5.74) is -0.0517. The lowest BCUT2D eigenvalue weighted by atomic mass is 10.0. The standard InChI is InChI=1S/C9H6Cl2N2O3S/c1-16-13-6(4-12)8-5(10)2-3-7(9(8)11)17(14)15/h2-3,9H,1H3. The van der Waals surface area contributed by atoms with Gasteiger partial charge in [-0.2, -0.15) is 13.7 Å². The fraction of sp³-hybridized carbons (Fsp3) is 0.222. The van der Waals surface area contributed by atoms with Crippen LogP contribution in [0.5, 0.6) is 0 Å². The first-order valence-corrected chi connectivity index (χ1v) is 6.11. The molecule has 0 N–H and O–H groups in total. The zero-order valence-corrected chi connectivity index (χ0v) is 10.8. The van der Waals surface area contributed by atoms with Crippen LogP contribution in [0.15, 0.2) is 27.9 Å². The fourth-order valence-electron chi connectivity index (χ4n) is 1.19. The maximum atomic E-state index is 10.9. The van der Waals surface area contributed by atoms with E-state index in [2.05, 4.69) is 9.99 Å². The first-order valence-electron chi connectivity index (χ1n) is 4.22. The molecule has 0 saturated heterocycles. The van der Waals surface area contributed by atoms with Crippen molar-refractivity contribution in [2.75, 3.05) is 7.11 Å². The summed E-state index contributed by atoms with van der Waals surface area (Å²) in [6, 6.07) is 1.74. The third-order valence-electron chi connectivity index (χ3n) is 1.89. The number of nitriles is 1. The van der Waals surface area contributed by atoms with Crippen molar-refractivity contribution in [2.45, 2.75) is 5.38 Å². The molecule has 0 radical (unpaired) electrons. The number of oxime groups is 1. The summed E-state index contributed by atoms with van der Waals surface area (Å²) >= 11 is 11.8. The van der Waals surface area contributed by atoms with Crippen molar-refractivity contribution in [1.82, 2.24) is 0 Å². The average molecular weight is 293 g/mol. The second kappa shape index (κ2) is 5.87. The molecule has 0 heterocycles. The molecule has 1 atom stereocenters. The molecule has 8 heteroatoms. The zero-order chi connectivity index (χ0) is 13.0. The van der Waals surface area contributed by atoms with E-state index in [4.69, 9.17) is 28.5 Å². The number of alkyl halides is 1. The maximum Gasteiger partial charge on any atom is 0.219 e. The van der Waals surface area contributed by atoms with Gasteiger partial charge < -0.3 is 4.84 Å². The first-order chi connectivity index (χ1) is 8.02. The lowest BCUT2D eigenvalue weighted by Crippen LogP contribution is -2.24. The second-order valence-electron chi connectivity index (χ2n) is 2.83. The molecule has 1 aliphatic rings. The Morgan fingerprint density at radius 3 is 2.71 bits per heavy atom. The van der Waals surface area contributed by atoms with Gasteiger partial charge in [-0.05, 0) is 12.2 Å². The van der Waals surface area contributed by atoms with Gasteiger partial charge in [0.2, 0.25) is 10.3 Å². The lowest BCUT2D eigenvalue weighted by molar-refractivity contribution is 0.214. The van der Waals surface area contributed by atoms with Crippen LogP contribution < -0.4 is 0 Å². The zero-order valence-electron chi connectivity index (χ0n) is 8.52. The smallest absolute Gasteiger partial charge is 0.219 e. The minimum absolute atomic E-state index is 0.0786. The van der Waals surface area contributed by atoms with Gasteiger partial charge in [0.1, 0.15) is 18.6 Å². The Morgan fingerprint density at radius 1 is 1.59 bits per heavy atom. The van der Waals surface area contributed by atoms with Crippen LogP contribution in [0.25, 0.3) is 0 Å². The molecular weight excluding hydrogens is 287 g/mol. The summed E-state index contributed by atoms with van der Waals surface area (Å²) in [5, 5.41) is 11.4. The number of nitrogens with zero attached hydrogens (tertiary/aromatic N) is 2. The van der Waals surface area contributed by atoms with E-state index in [-0.39, 0.29) is 21.2 Å². The quantitative estimate of drug-likeness (QED) is 0.332. The van der Waals surface area contributed by atoms with Gasteiger partial charge in [0.05, 0.1) is 4.86 Å². The largest absolute Gasteiger partial charge is 0.398 e. The van der Waals surface area contributed by atoms with Crippen LogP contribution >= 0.6 is 23.2 Å². The monoisotopic (exact) mass is 292 g/mol. The molecular formula is C9H6Cl2N2O3S. The molecule has 0 bridgehead atoms. The van der Waals surface area contributed by atoms with Crippen LogP contribution in [0.2, 0.25) is 0 Å². The third-order valence-corrected chi connectivity index (χ3v) is 3.56. The Kier molecular flexibility index (Phi) is 4.75. The van der Waals surface area contributed by atoms with Crippen LogP contribution in [-0.4, -0.2) is 31.5 Å². The molecule has 90 valence electrons. The summed E-state index contributed by atoms with van der Waals surface area (Å²) in [4.78, 5) is 4.39. The minimum Gasteiger partial charge on any atom is -0.398 e. The number of halogens is 2. The van der Waals surface area contributed by atoms with Crippen molar-refractivity contribution in [1.29, 1.82) is 5.26 Å². The number of hydrogen-bond donors (Lipinski definition) is 0. The molecule has 0 spiro atoms. The van der Waals surface area contributed by atoms with Gasteiger partial charge in [0.15, 0.2) is 5.71 Å². The molecule has 0 aromatic carbocycles. The van der Waals surface area contributed by atoms with Crippen molar-refractivity contribution in [3.05, 3.63) is 22.8 Å². The van der Waals surface area contributed by atoms with Crippen molar-refractivity contribution >= 4 is 44.1 Å². The van der Waals surface area contributed by atoms with E-state index in [1.807, 2.05) is 0 Å². The molecule has 17 heavy (non-hydrogen) atoms. The molecule has 1 unspecified atom stereocenters. The summed E-state index contributed by atoms with van der Waals surface area (Å²) < 4.78 is 21.8. The van der Waals surface area contributed by atoms with Gasteiger partial charge in [-0.1, -0.05) is 16.8 Å². The molecule has 0 aromatic rings. The fourth-order valence-corrected chi connectivity index (χ4v) is 2.48. The topological polar surface area (TPSA) is 79.5 Å². The summed E-state index contributed by atoms with van der Waals surface area (Å²) in [7, 11) is -1.24. The van der Waals surface area contributed by atoms with Gasteiger partial charge in [0.25, 0.3) is 0 Å². The SMILES string of the molecule is CON=C(C#N)C1=C(Cl)C=CC(=S(=O)=O)C1Cl. The van der Waals surface area contributed by atoms with Crippen molar-refractivity contribution in [3.8, 4) is 6.07 Å². The van der Waals surface area contributed by atoms with E-state index in [1.165, 1.54) is 19.3 Å². The van der Waals surface area contributed by atoms with Gasteiger partial charge >= 0.3 is 0 Å². The highest BCUT2D eigenvalue weighted by atomic mass is 35.5. The Balaban J connectivity index is 3.42. The number of hydrogen-bond acceptors (Lipinski definition) is 5. The molecule has 0 saturated carbocycles. The van der Waals surface area contributed by atoms with Crippen LogP contribution in [0.3, 0.4) is 0 Å². The second-order valence-corrected chi connectivity index (χ2v) is 4.61. The Hall–Kier alpha value is -1.29. The van der Waals surface area contributed by atoms with E-state index >= 15 is 0 Å². The van der Waals surface area contributed by atoms with Crippen molar-refractivity contribution in [3.63, 3.8) is 0 Å². The molecule has 0 aromatic heterocycles. The Morgan fingerprint density at radius 2 is 2.24 bits per heavy atom. The molecule has 0 amide bonds. The van der Waals surface area contributed by atoms with Crippen molar-refractivity contribution < 1.29 is 13.3 Å². The van der Waals surface area contributed by atoms with Crippen LogP contribution in [0.1, 0.15) is 0 Å². The first kappa shape index (κ1) is 13.8. The molecule has 1 aliphatic carbocycles. The molecule has 0 fully saturated rings. The lowest BCUT2D eigenvalue weighted by Gasteiger charge is -2.15. The molecule has 0 aliphatic heterocycles. The summed E-state index contributed by atoms with van der Waals surface area (Å²) in [5.74, 6) is 0. The van der Waals surface area contributed by atoms with E-state index < -0.39 is 15.7 Å². The minimum atomic E-state index is -2.49. The highest BCUT2D eigenvalue weighted by Gasteiger charge is 2.28. The van der Waals surface area contributed by atoms with Gasteiger partial charge in [0, 0.05) is 10.6 Å². The van der Waals surface area contributed by atoms with E-state index in [1.54, 1.807) is 6.07 Å². The Labute approximate surface area is 109 Å². The van der Waals surface area contributed by atoms with E-state index in [9.17, 15) is 8.42 Å².